The number of hydrogen-bond donors (Lipinski definition) is 2. The minimum Gasteiger partial charge on any atom is -0.467 e. The molecule has 0 spiro atoms. The number of benzene rings is 1. The summed E-state index contributed by atoms with van der Waals surface area (Å²) in [4.78, 5) is 25.0. The van der Waals surface area contributed by atoms with Crippen molar-refractivity contribution in [2.24, 2.45) is 5.92 Å². The van der Waals surface area contributed by atoms with Gasteiger partial charge >= 0.3 is 5.97 Å². The van der Waals surface area contributed by atoms with E-state index in [4.69, 9.17) is 16.3 Å². The average Bonchev–Trinajstić information content (AvgIpc) is 2.57. The molecule has 0 aliphatic rings. The van der Waals surface area contributed by atoms with Gasteiger partial charge in [-0.2, -0.15) is 0 Å². The highest BCUT2D eigenvalue weighted by atomic mass is 35.5. The van der Waals surface area contributed by atoms with E-state index in [0.29, 0.717) is 17.0 Å². The van der Waals surface area contributed by atoms with Crippen molar-refractivity contribution in [1.29, 1.82) is 0 Å². The molecule has 6 nitrogen and oxygen atoms in total. The van der Waals surface area contributed by atoms with Crippen LogP contribution in [0.3, 0.4) is 0 Å². The van der Waals surface area contributed by atoms with Crippen molar-refractivity contribution < 1.29 is 18.5 Å². The summed E-state index contributed by atoms with van der Waals surface area (Å²) in [6, 6.07) is 5.02. The van der Waals surface area contributed by atoms with Crippen LogP contribution in [0.15, 0.2) is 24.3 Å². The minimum absolute atomic E-state index is 0.181. The zero-order chi connectivity index (χ0) is 20.8. The van der Waals surface area contributed by atoms with Gasteiger partial charge in [0, 0.05) is 5.02 Å². The predicted molar refractivity (Wildman–Crippen MR) is 109 cm³/mol. The third-order valence-electron chi connectivity index (χ3n) is 3.76. The van der Waals surface area contributed by atoms with Crippen LogP contribution in [-0.4, -0.2) is 34.0 Å². The first-order chi connectivity index (χ1) is 12.5. The lowest BCUT2D eigenvalue weighted by molar-refractivity contribution is -0.145. The Kier molecular flexibility index (Phi) is 8.91. The zero-order valence-electron chi connectivity index (χ0n) is 16.7. The van der Waals surface area contributed by atoms with E-state index in [0.717, 1.165) is 0 Å². The van der Waals surface area contributed by atoms with Crippen molar-refractivity contribution >= 4 is 34.5 Å². The molecule has 1 rings (SSSR count). The fraction of sp³-hybridized carbons (Fsp3) is 0.579. The lowest BCUT2D eigenvalue weighted by Gasteiger charge is -2.26. The summed E-state index contributed by atoms with van der Waals surface area (Å²) >= 11 is 5.93. The molecule has 0 heterocycles. The summed E-state index contributed by atoms with van der Waals surface area (Å²) in [5, 5.41) is 3.26. The molecule has 1 aromatic carbocycles. The first-order valence-corrected chi connectivity index (χ1v) is 10.3. The maximum Gasteiger partial charge on any atom is 0.328 e. The van der Waals surface area contributed by atoms with E-state index in [1.54, 1.807) is 24.3 Å². The normalized spacial score (nSPS) is 15.1. The molecule has 27 heavy (non-hydrogen) atoms. The van der Waals surface area contributed by atoms with Crippen molar-refractivity contribution in [2.75, 3.05) is 7.11 Å². The number of carbonyl (C=O) groups excluding carboxylic acids is 2. The molecule has 152 valence electrons. The standard InChI is InChI=1S/C19H29ClN2O4S/c1-12(2)11-15(18(24)26-6)21-17(23)16(22-27(25)19(3,4)5)13-7-9-14(20)10-8-13/h7-10,12,15-16,22H,11H2,1-6H3,(H,21,23)/t15-,16-,27?/m1/s1. The Labute approximate surface area is 169 Å². The summed E-state index contributed by atoms with van der Waals surface area (Å²) in [6.07, 6.45) is 0.439. The number of methoxy groups -OCH3 is 1. The van der Waals surface area contributed by atoms with Crippen molar-refractivity contribution in [2.45, 2.75) is 57.9 Å². The largest absolute Gasteiger partial charge is 0.467 e. The molecular formula is C19H29ClN2O4S. The van der Waals surface area contributed by atoms with E-state index in [1.165, 1.54) is 7.11 Å². The van der Waals surface area contributed by atoms with Gasteiger partial charge in [0.1, 0.15) is 12.1 Å². The van der Waals surface area contributed by atoms with Gasteiger partial charge in [-0.15, -0.1) is 0 Å². The predicted octanol–water partition coefficient (Wildman–Crippen LogP) is 3.14. The van der Waals surface area contributed by atoms with Crippen LogP contribution in [0.25, 0.3) is 0 Å². The minimum atomic E-state index is -1.49. The second kappa shape index (κ2) is 10.2. The third-order valence-corrected chi connectivity index (χ3v) is 5.57. The summed E-state index contributed by atoms with van der Waals surface area (Å²) in [6.45, 7) is 9.33. The van der Waals surface area contributed by atoms with Crippen molar-refractivity contribution in [3.63, 3.8) is 0 Å². The number of amides is 1. The van der Waals surface area contributed by atoms with Crippen LogP contribution < -0.4 is 10.0 Å². The Morgan fingerprint density at radius 3 is 2.19 bits per heavy atom. The van der Waals surface area contributed by atoms with Crippen LogP contribution in [0.2, 0.25) is 5.02 Å². The maximum absolute atomic E-state index is 13.0. The van der Waals surface area contributed by atoms with Crippen molar-refractivity contribution in [3.05, 3.63) is 34.9 Å². The molecule has 0 aliphatic heterocycles. The Morgan fingerprint density at radius 2 is 1.74 bits per heavy atom. The number of esters is 1. The molecule has 1 unspecified atom stereocenters. The van der Waals surface area contributed by atoms with Gasteiger partial charge < -0.3 is 10.1 Å². The van der Waals surface area contributed by atoms with Gasteiger partial charge in [-0.05, 0) is 50.8 Å². The highest BCUT2D eigenvalue weighted by molar-refractivity contribution is 7.84. The van der Waals surface area contributed by atoms with Crippen LogP contribution in [0.4, 0.5) is 0 Å². The molecule has 0 aliphatic carbocycles. The molecule has 1 amide bonds. The van der Waals surface area contributed by atoms with Crippen LogP contribution in [0.5, 0.6) is 0 Å². The van der Waals surface area contributed by atoms with Crippen LogP contribution in [0.1, 0.15) is 52.6 Å². The number of carbonyl (C=O) groups is 2. The molecule has 8 heteroatoms. The van der Waals surface area contributed by atoms with E-state index in [-0.39, 0.29) is 5.92 Å². The number of rotatable bonds is 8. The van der Waals surface area contributed by atoms with E-state index >= 15 is 0 Å². The Balaban J connectivity index is 3.12. The molecule has 0 saturated carbocycles. The summed E-state index contributed by atoms with van der Waals surface area (Å²) in [5.41, 5.74) is 0.600. The molecule has 0 aromatic heterocycles. The number of halogens is 1. The molecule has 0 fully saturated rings. The fourth-order valence-corrected chi connectivity index (χ4v) is 3.23. The molecular weight excluding hydrogens is 388 g/mol. The Morgan fingerprint density at radius 1 is 1.19 bits per heavy atom. The highest BCUT2D eigenvalue weighted by Gasteiger charge is 2.31. The topological polar surface area (TPSA) is 84.5 Å². The quantitative estimate of drug-likeness (QED) is 0.637. The number of ether oxygens (including phenoxy) is 1. The number of nitrogens with one attached hydrogen (secondary N) is 2. The molecule has 0 radical (unpaired) electrons. The van der Waals surface area contributed by atoms with Gasteiger partial charge in [0.25, 0.3) is 0 Å². The highest BCUT2D eigenvalue weighted by Crippen LogP contribution is 2.21. The maximum atomic E-state index is 13.0. The van der Waals surface area contributed by atoms with Crippen LogP contribution in [0, 0.1) is 5.92 Å². The van der Waals surface area contributed by atoms with Crippen LogP contribution in [-0.2, 0) is 25.3 Å². The van der Waals surface area contributed by atoms with E-state index in [2.05, 4.69) is 10.0 Å². The third kappa shape index (κ3) is 7.60. The fourth-order valence-electron chi connectivity index (χ4n) is 2.29. The molecule has 0 saturated heterocycles. The van der Waals surface area contributed by atoms with E-state index < -0.39 is 39.7 Å². The monoisotopic (exact) mass is 416 g/mol. The molecule has 0 bridgehead atoms. The molecule has 3 atom stereocenters. The second-order valence-corrected chi connectivity index (χ2v) is 10.1. The Hall–Kier alpha value is -1.44. The van der Waals surface area contributed by atoms with Gasteiger partial charge in [-0.25, -0.2) is 13.7 Å². The van der Waals surface area contributed by atoms with Crippen molar-refractivity contribution in [3.8, 4) is 0 Å². The average molecular weight is 417 g/mol. The Bertz CT molecular complexity index is 671. The van der Waals surface area contributed by atoms with Gasteiger partial charge in [0.15, 0.2) is 0 Å². The van der Waals surface area contributed by atoms with Gasteiger partial charge in [0.2, 0.25) is 5.91 Å². The second-order valence-electron chi connectivity index (χ2n) is 7.70. The van der Waals surface area contributed by atoms with Gasteiger partial charge in [0.05, 0.1) is 22.8 Å². The van der Waals surface area contributed by atoms with Gasteiger partial charge in [-0.3, -0.25) is 4.79 Å². The summed E-state index contributed by atoms with van der Waals surface area (Å²) in [7, 11) is -0.209. The number of hydrogen-bond acceptors (Lipinski definition) is 4. The lowest BCUT2D eigenvalue weighted by Crippen LogP contribution is -2.48. The van der Waals surface area contributed by atoms with E-state index in [9.17, 15) is 13.8 Å². The smallest absolute Gasteiger partial charge is 0.328 e. The van der Waals surface area contributed by atoms with Gasteiger partial charge in [-0.1, -0.05) is 37.6 Å². The SMILES string of the molecule is COC(=O)[C@@H](CC(C)C)NC(=O)[C@H](NS(=O)C(C)(C)C)c1ccc(Cl)cc1. The first kappa shape index (κ1) is 23.6. The lowest BCUT2D eigenvalue weighted by atomic mass is 10.0. The molecule has 2 N–H and O–H groups in total. The zero-order valence-corrected chi connectivity index (χ0v) is 18.2. The summed E-state index contributed by atoms with van der Waals surface area (Å²) < 4.78 is 19.7. The van der Waals surface area contributed by atoms with Crippen LogP contribution >= 0.6 is 11.6 Å². The first-order valence-electron chi connectivity index (χ1n) is 8.77. The van der Waals surface area contributed by atoms with E-state index in [1.807, 2.05) is 34.6 Å². The van der Waals surface area contributed by atoms with Crippen molar-refractivity contribution in [1.82, 2.24) is 10.0 Å². The summed E-state index contributed by atoms with van der Waals surface area (Å²) in [5.74, 6) is -0.783. The molecule has 1 aromatic rings.